The Morgan fingerprint density at radius 2 is 1.71 bits per heavy atom. The number of hydrogen-bond acceptors (Lipinski definition) is 5. The number of benzene rings is 2. The first kappa shape index (κ1) is 22.6. The fraction of sp³-hybridized carbons (Fsp3) is 0.423. The van der Waals surface area contributed by atoms with Crippen LogP contribution >= 0.6 is 0 Å². The molecule has 0 spiro atoms. The predicted molar refractivity (Wildman–Crippen MR) is 120 cm³/mol. The van der Waals surface area contributed by atoms with E-state index >= 15 is 0 Å². The lowest BCUT2D eigenvalue weighted by molar-refractivity contribution is -0.137. The quantitative estimate of drug-likeness (QED) is 0.462. The molecule has 4 aliphatic carbocycles. The average Bonchev–Trinajstić information content (AvgIpc) is 3.11. The minimum absolute atomic E-state index is 0.0338. The Morgan fingerprint density at radius 3 is 2.29 bits per heavy atom. The fourth-order valence-electron chi connectivity index (χ4n) is 6.09. The van der Waals surface area contributed by atoms with Crippen molar-refractivity contribution in [2.45, 2.75) is 45.2 Å². The van der Waals surface area contributed by atoms with Gasteiger partial charge in [0.25, 0.3) is 0 Å². The number of carbonyl (C=O) groups excluding carboxylic acids is 1. The molecule has 0 aromatic heterocycles. The lowest BCUT2D eigenvalue weighted by Crippen LogP contribution is -2.41. The van der Waals surface area contributed by atoms with Crippen molar-refractivity contribution in [3.05, 3.63) is 63.8 Å². The molecule has 5 nitrogen and oxygen atoms in total. The standard InChI is InChI=1S/C26H24F3NO4/c1-2-13-7-9-17(34-20-10-8-16(26(27,28)29)11-19(20)30-33)12-18(13)23-24(31)21-14-3-4-15(6-5-14)22(21)25(23)32/h7-12,14-15,21-22,31H,2-6H2,1H3. The van der Waals surface area contributed by atoms with Crippen LogP contribution in [0.4, 0.5) is 18.9 Å². The van der Waals surface area contributed by atoms with E-state index in [1.807, 2.05) is 6.92 Å². The minimum Gasteiger partial charge on any atom is -0.511 e. The van der Waals surface area contributed by atoms with Gasteiger partial charge in [-0.15, -0.1) is 4.91 Å². The van der Waals surface area contributed by atoms with Crippen molar-refractivity contribution in [3.63, 3.8) is 0 Å². The van der Waals surface area contributed by atoms with Gasteiger partial charge in [0.05, 0.1) is 11.1 Å². The molecule has 4 aliphatic rings. The van der Waals surface area contributed by atoms with Gasteiger partial charge in [-0.3, -0.25) is 4.79 Å². The number of carbonyl (C=O) groups is 1. The number of fused-ring (bicyclic) bond motifs is 2. The largest absolute Gasteiger partial charge is 0.511 e. The number of rotatable bonds is 5. The molecule has 0 amide bonds. The van der Waals surface area contributed by atoms with E-state index in [-0.39, 0.29) is 34.9 Å². The Labute approximate surface area is 194 Å². The van der Waals surface area contributed by atoms with E-state index in [0.717, 1.165) is 43.4 Å². The first-order valence-corrected chi connectivity index (χ1v) is 11.6. The van der Waals surface area contributed by atoms with Crippen molar-refractivity contribution in [1.29, 1.82) is 0 Å². The lowest BCUT2D eigenvalue weighted by Gasteiger charge is -2.44. The highest BCUT2D eigenvalue weighted by atomic mass is 19.4. The van der Waals surface area contributed by atoms with Crippen LogP contribution in [0.25, 0.3) is 5.57 Å². The van der Waals surface area contributed by atoms with Gasteiger partial charge in [0.2, 0.25) is 0 Å². The van der Waals surface area contributed by atoms with Gasteiger partial charge >= 0.3 is 6.18 Å². The third-order valence-corrected chi connectivity index (χ3v) is 7.68. The molecule has 1 N–H and O–H groups in total. The van der Waals surface area contributed by atoms with Gasteiger partial charge in [-0.05, 0) is 90.6 Å². The second-order valence-electron chi connectivity index (χ2n) is 9.40. The molecule has 2 aromatic carbocycles. The Balaban J connectivity index is 1.52. The summed E-state index contributed by atoms with van der Waals surface area (Å²) in [6, 6.07) is 7.53. The molecule has 3 saturated carbocycles. The van der Waals surface area contributed by atoms with Crippen LogP contribution in [0, 0.1) is 28.6 Å². The Kier molecular flexibility index (Phi) is 5.49. The van der Waals surface area contributed by atoms with Crippen LogP contribution in [0.2, 0.25) is 0 Å². The first-order chi connectivity index (χ1) is 16.2. The van der Waals surface area contributed by atoms with Crippen molar-refractivity contribution in [1.82, 2.24) is 0 Å². The molecule has 2 aromatic rings. The maximum atomic E-state index is 13.5. The second-order valence-corrected chi connectivity index (χ2v) is 9.40. The zero-order valence-electron chi connectivity index (χ0n) is 18.6. The molecular weight excluding hydrogens is 447 g/mol. The fourth-order valence-corrected chi connectivity index (χ4v) is 6.09. The third kappa shape index (κ3) is 3.60. The number of nitrogens with zero attached hydrogens (tertiary/aromatic N) is 1. The van der Waals surface area contributed by atoms with Gasteiger partial charge in [0.1, 0.15) is 11.5 Å². The van der Waals surface area contributed by atoms with Gasteiger partial charge in [-0.25, -0.2) is 0 Å². The number of hydrogen-bond donors (Lipinski definition) is 1. The van der Waals surface area contributed by atoms with Crippen molar-refractivity contribution in [3.8, 4) is 11.5 Å². The maximum Gasteiger partial charge on any atom is 0.416 e. The third-order valence-electron chi connectivity index (χ3n) is 7.68. The van der Waals surface area contributed by atoms with Crippen molar-refractivity contribution in [2.75, 3.05) is 0 Å². The van der Waals surface area contributed by atoms with Crippen molar-refractivity contribution in [2.24, 2.45) is 28.8 Å². The van der Waals surface area contributed by atoms with Gasteiger partial charge < -0.3 is 9.84 Å². The molecular formula is C26H24F3NO4. The number of alkyl halides is 3. The number of aliphatic hydroxyl groups is 1. The van der Waals surface area contributed by atoms with E-state index in [1.165, 1.54) is 0 Å². The molecule has 6 rings (SSSR count). The van der Waals surface area contributed by atoms with Gasteiger partial charge in [-0.1, -0.05) is 13.0 Å². The number of aliphatic hydroxyl groups excluding tert-OH is 1. The van der Waals surface area contributed by atoms with E-state index in [2.05, 4.69) is 5.18 Å². The van der Waals surface area contributed by atoms with Crippen molar-refractivity contribution >= 4 is 17.0 Å². The summed E-state index contributed by atoms with van der Waals surface area (Å²) in [6.07, 6.45) is 0.0696. The Morgan fingerprint density at radius 1 is 1.03 bits per heavy atom. The number of Topliss-reactive ketones (excluding diaryl/α,β-unsaturated/α-hetero) is 1. The number of nitroso groups, excluding NO2 is 1. The normalized spacial score (nSPS) is 26.1. The smallest absolute Gasteiger partial charge is 0.416 e. The molecule has 0 radical (unpaired) electrons. The highest BCUT2D eigenvalue weighted by Gasteiger charge is 2.54. The number of ether oxygens (including phenoxy) is 1. The van der Waals surface area contributed by atoms with Crippen LogP contribution in [-0.4, -0.2) is 10.9 Å². The van der Waals surface area contributed by atoms with Gasteiger partial charge in [0, 0.05) is 11.8 Å². The summed E-state index contributed by atoms with van der Waals surface area (Å²) in [5, 5.41) is 13.9. The monoisotopic (exact) mass is 471 g/mol. The number of halogens is 3. The number of allylic oxidation sites excluding steroid dienone is 2. The Bertz CT molecular complexity index is 1200. The molecule has 2 atom stereocenters. The molecule has 34 heavy (non-hydrogen) atoms. The van der Waals surface area contributed by atoms with E-state index in [9.17, 15) is 28.0 Å². The summed E-state index contributed by atoms with van der Waals surface area (Å²) in [5.41, 5.74) is 0.286. The minimum atomic E-state index is -4.61. The summed E-state index contributed by atoms with van der Waals surface area (Å²) in [6.45, 7) is 1.94. The highest BCUT2D eigenvalue weighted by molar-refractivity contribution is 6.25. The molecule has 8 heteroatoms. The van der Waals surface area contributed by atoms with Crippen molar-refractivity contribution < 1.29 is 27.8 Å². The highest BCUT2D eigenvalue weighted by Crippen LogP contribution is 2.57. The van der Waals surface area contributed by atoms with Crippen LogP contribution in [-0.2, 0) is 17.4 Å². The number of aryl methyl sites for hydroxylation is 1. The summed E-state index contributed by atoms with van der Waals surface area (Å²) in [7, 11) is 0. The predicted octanol–water partition coefficient (Wildman–Crippen LogP) is 7.36. The zero-order chi connectivity index (χ0) is 24.2. The van der Waals surface area contributed by atoms with Crippen LogP contribution in [0.15, 0.2) is 47.3 Å². The molecule has 0 heterocycles. The molecule has 2 bridgehead atoms. The van der Waals surface area contributed by atoms with Gasteiger partial charge in [0.15, 0.2) is 17.2 Å². The summed E-state index contributed by atoms with van der Waals surface area (Å²) < 4.78 is 44.7. The average molecular weight is 471 g/mol. The van der Waals surface area contributed by atoms with Crippen LogP contribution in [0.1, 0.15) is 49.3 Å². The Hall–Kier alpha value is -3.16. The van der Waals surface area contributed by atoms with E-state index < -0.39 is 17.4 Å². The van der Waals surface area contributed by atoms with Crippen LogP contribution in [0.5, 0.6) is 11.5 Å². The van der Waals surface area contributed by atoms with Crippen LogP contribution in [0.3, 0.4) is 0 Å². The summed E-state index contributed by atoms with van der Waals surface area (Å²) >= 11 is 0. The van der Waals surface area contributed by atoms with Crippen LogP contribution < -0.4 is 4.74 Å². The molecule has 0 saturated heterocycles. The molecule has 3 fully saturated rings. The molecule has 2 unspecified atom stereocenters. The zero-order valence-corrected chi connectivity index (χ0v) is 18.6. The topological polar surface area (TPSA) is 76.0 Å². The van der Waals surface area contributed by atoms with Gasteiger partial charge in [-0.2, -0.15) is 13.2 Å². The summed E-state index contributed by atoms with van der Waals surface area (Å²) in [5.74, 6) is 0.523. The molecule has 0 aliphatic heterocycles. The second kappa shape index (κ2) is 8.25. The lowest BCUT2D eigenvalue weighted by atomic mass is 9.59. The summed E-state index contributed by atoms with van der Waals surface area (Å²) in [4.78, 5) is 24.7. The van der Waals surface area contributed by atoms with E-state index in [4.69, 9.17) is 4.74 Å². The first-order valence-electron chi connectivity index (χ1n) is 11.6. The SMILES string of the molecule is CCc1ccc(Oc2ccc(C(F)(F)F)cc2N=O)cc1C1=C(O)C2C3CCC(CC3)C2C1=O. The molecule has 178 valence electrons. The maximum absolute atomic E-state index is 13.5. The van der Waals surface area contributed by atoms with E-state index in [1.54, 1.807) is 18.2 Å². The number of ketones is 1. The van der Waals surface area contributed by atoms with E-state index in [0.29, 0.717) is 35.5 Å².